The van der Waals surface area contributed by atoms with E-state index in [1.54, 1.807) is 25.7 Å². The van der Waals surface area contributed by atoms with Crippen molar-refractivity contribution in [2.45, 2.75) is 32.7 Å². The molecule has 0 radical (unpaired) electrons. The monoisotopic (exact) mass is 668 g/mol. The predicted molar refractivity (Wildman–Crippen MR) is 166 cm³/mol. The van der Waals surface area contributed by atoms with Gasteiger partial charge in [-0.25, -0.2) is 9.79 Å². The van der Waals surface area contributed by atoms with E-state index >= 15 is 0 Å². The van der Waals surface area contributed by atoms with Crippen molar-refractivity contribution in [2.75, 3.05) is 20.8 Å². The molecule has 0 fully saturated rings. The molecule has 4 aromatic rings. The summed E-state index contributed by atoms with van der Waals surface area (Å²) in [6, 6.07) is 16.8. The van der Waals surface area contributed by atoms with Crippen molar-refractivity contribution >= 4 is 56.7 Å². The number of esters is 1. The molecule has 0 spiro atoms. The number of allylic oxidation sites excluding steroid dienone is 1. The van der Waals surface area contributed by atoms with Crippen molar-refractivity contribution in [1.82, 2.24) is 4.57 Å². The Labute approximate surface area is 249 Å². The van der Waals surface area contributed by atoms with E-state index in [9.17, 15) is 9.59 Å². The SMILES string of the molecule is CCCC1=C(C(=O)OCC)[C@@H](c2c(OC)ccc3ccccc23)n2c(s/c(=C/c3ccc(OC)c(I)c3)c2=O)=N1. The van der Waals surface area contributed by atoms with E-state index in [0.29, 0.717) is 32.8 Å². The minimum Gasteiger partial charge on any atom is -0.496 e. The van der Waals surface area contributed by atoms with Gasteiger partial charge in [0.1, 0.15) is 17.5 Å². The number of carbonyl (C=O) groups is 1. The summed E-state index contributed by atoms with van der Waals surface area (Å²) >= 11 is 3.53. The van der Waals surface area contributed by atoms with E-state index in [1.165, 1.54) is 11.3 Å². The van der Waals surface area contributed by atoms with Crippen molar-refractivity contribution in [3.63, 3.8) is 0 Å². The third kappa shape index (κ3) is 5.08. The zero-order chi connectivity index (χ0) is 28.4. The van der Waals surface area contributed by atoms with Crippen LogP contribution in [0.15, 0.2) is 75.7 Å². The highest BCUT2D eigenvalue weighted by molar-refractivity contribution is 14.1. The molecule has 40 heavy (non-hydrogen) atoms. The molecule has 9 heteroatoms. The van der Waals surface area contributed by atoms with Crippen LogP contribution in [0, 0.1) is 3.57 Å². The van der Waals surface area contributed by atoms with Gasteiger partial charge in [0.15, 0.2) is 4.80 Å². The second-order valence-electron chi connectivity index (χ2n) is 9.21. The molecule has 0 N–H and O–H groups in total. The lowest BCUT2D eigenvalue weighted by Gasteiger charge is -2.28. The zero-order valence-electron chi connectivity index (χ0n) is 22.7. The molecule has 2 heterocycles. The quantitative estimate of drug-likeness (QED) is 0.187. The van der Waals surface area contributed by atoms with Gasteiger partial charge >= 0.3 is 5.97 Å². The first kappa shape index (κ1) is 28.1. The number of fused-ring (bicyclic) bond motifs is 2. The topological polar surface area (TPSA) is 79.1 Å². The molecule has 1 aliphatic heterocycles. The molecule has 7 nitrogen and oxygen atoms in total. The number of aromatic nitrogens is 1. The van der Waals surface area contributed by atoms with Crippen molar-refractivity contribution < 1.29 is 19.0 Å². The molecule has 0 bridgehead atoms. The van der Waals surface area contributed by atoms with Gasteiger partial charge in [-0.05, 0) is 76.5 Å². The summed E-state index contributed by atoms with van der Waals surface area (Å²) in [6.45, 7) is 4.03. The van der Waals surface area contributed by atoms with Crippen LogP contribution in [0.3, 0.4) is 0 Å². The summed E-state index contributed by atoms with van der Waals surface area (Å²) in [5.41, 5.74) is 2.38. The Hall–Kier alpha value is -3.44. The molecule has 0 unspecified atom stereocenters. The zero-order valence-corrected chi connectivity index (χ0v) is 25.7. The fourth-order valence-electron chi connectivity index (χ4n) is 5.05. The van der Waals surface area contributed by atoms with Crippen LogP contribution < -0.4 is 24.4 Å². The number of halogens is 1. The maximum Gasteiger partial charge on any atom is 0.338 e. The predicted octanol–water partition coefficient (Wildman–Crippen LogP) is 5.35. The molecule has 0 saturated heterocycles. The molecule has 5 rings (SSSR count). The molecule has 1 aliphatic rings. The molecule has 1 aromatic heterocycles. The van der Waals surface area contributed by atoms with Gasteiger partial charge in [-0.3, -0.25) is 9.36 Å². The summed E-state index contributed by atoms with van der Waals surface area (Å²) in [6.07, 6.45) is 3.20. The first-order valence-corrected chi connectivity index (χ1v) is 14.9. The Morgan fingerprint density at radius 3 is 2.52 bits per heavy atom. The van der Waals surface area contributed by atoms with Gasteiger partial charge in [0, 0.05) is 5.56 Å². The largest absolute Gasteiger partial charge is 0.496 e. The molecule has 206 valence electrons. The number of carbonyl (C=O) groups excluding carboxylic acids is 1. The Bertz CT molecular complexity index is 1820. The number of nitrogens with zero attached hydrogens (tertiary/aromatic N) is 2. The first-order valence-electron chi connectivity index (χ1n) is 13.0. The van der Waals surface area contributed by atoms with Crippen LogP contribution in [0.25, 0.3) is 16.8 Å². The van der Waals surface area contributed by atoms with Crippen LogP contribution in [-0.4, -0.2) is 31.4 Å². The van der Waals surface area contributed by atoms with Crippen molar-refractivity contribution in [1.29, 1.82) is 0 Å². The molecular weight excluding hydrogens is 639 g/mol. The van der Waals surface area contributed by atoms with Crippen LogP contribution >= 0.6 is 33.9 Å². The highest BCUT2D eigenvalue weighted by atomic mass is 127. The molecule has 1 atom stereocenters. The lowest BCUT2D eigenvalue weighted by Crippen LogP contribution is -2.40. The second-order valence-corrected chi connectivity index (χ2v) is 11.4. The van der Waals surface area contributed by atoms with Crippen molar-refractivity contribution in [3.8, 4) is 11.5 Å². The minimum atomic E-state index is -0.768. The van der Waals surface area contributed by atoms with Crippen LogP contribution in [0.4, 0.5) is 0 Å². The normalized spacial score (nSPS) is 15.1. The Morgan fingerprint density at radius 1 is 1.07 bits per heavy atom. The van der Waals surface area contributed by atoms with Crippen molar-refractivity contribution in [3.05, 3.63) is 100 Å². The van der Waals surface area contributed by atoms with E-state index in [2.05, 4.69) is 22.6 Å². The number of methoxy groups -OCH3 is 2. The van der Waals surface area contributed by atoms with Crippen LogP contribution in [0.2, 0.25) is 0 Å². The van der Waals surface area contributed by atoms with Crippen LogP contribution in [0.5, 0.6) is 11.5 Å². The van der Waals surface area contributed by atoms with E-state index in [0.717, 1.165) is 37.6 Å². The number of hydrogen-bond acceptors (Lipinski definition) is 7. The summed E-state index contributed by atoms with van der Waals surface area (Å²) in [7, 11) is 3.23. The third-order valence-electron chi connectivity index (χ3n) is 6.79. The standard InChI is InChI=1S/C31H29IN2O5S/c1-5-9-22-27(30(36)39-6-2)28(26-20-11-8-7-10-19(20)13-15-24(26)38-4)34-29(35)25(40-31(34)33-22)17-18-12-14-23(37-3)21(32)16-18/h7-8,10-17,28H,5-6,9H2,1-4H3/b25-17+/t28-/m1/s1. The highest BCUT2D eigenvalue weighted by Crippen LogP contribution is 2.41. The van der Waals surface area contributed by atoms with Crippen molar-refractivity contribution in [2.24, 2.45) is 4.99 Å². The van der Waals surface area contributed by atoms with Gasteiger partial charge < -0.3 is 14.2 Å². The number of benzene rings is 3. The second kappa shape index (κ2) is 12.0. The summed E-state index contributed by atoms with van der Waals surface area (Å²) in [4.78, 5) is 33.2. The fraction of sp³-hybridized carbons (Fsp3) is 0.258. The number of thiazole rings is 1. The van der Waals surface area contributed by atoms with E-state index in [1.807, 2.05) is 67.6 Å². The van der Waals surface area contributed by atoms with E-state index in [-0.39, 0.29) is 12.2 Å². The Balaban J connectivity index is 1.85. The fourth-order valence-corrected chi connectivity index (χ4v) is 6.83. The summed E-state index contributed by atoms with van der Waals surface area (Å²) < 4.78 is 19.9. The van der Waals surface area contributed by atoms with Gasteiger partial charge in [-0.1, -0.05) is 61.1 Å². The lowest BCUT2D eigenvalue weighted by molar-refractivity contribution is -0.139. The van der Waals surface area contributed by atoms with Gasteiger partial charge in [0.2, 0.25) is 0 Å². The molecular formula is C31H29IN2O5S. The maximum absolute atomic E-state index is 14.2. The van der Waals surface area contributed by atoms with E-state index in [4.69, 9.17) is 19.2 Å². The number of ether oxygens (including phenoxy) is 3. The highest BCUT2D eigenvalue weighted by Gasteiger charge is 2.37. The van der Waals surface area contributed by atoms with Crippen LogP contribution in [-0.2, 0) is 9.53 Å². The average molecular weight is 669 g/mol. The molecule has 0 saturated carbocycles. The first-order chi connectivity index (χ1) is 19.4. The van der Waals surface area contributed by atoms with E-state index < -0.39 is 12.0 Å². The molecule has 3 aromatic carbocycles. The summed E-state index contributed by atoms with van der Waals surface area (Å²) in [5.74, 6) is 0.877. The maximum atomic E-state index is 14.2. The van der Waals surface area contributed by atoms with Gasteiger partial charge in [0.25, 0.3) is 5.56 Å². The smallest absolute Gasteiger partial charge is 0.338 e. The van der Waals surface area contributed by atoms with Crippen LogP contribution in [0.1, 0.15) is 43.9 Å². The van der Waals surface area contributed by atoms with Gasteiger partial charge in [0.05, 0.1) is 40.2 Å². The summed E-state index contributed by atoms with van der Waals surface area (Å²) in [5, 5.41) is 1.87. The van der Waals surface area contributed by atoms with Gasteiger partial charge in [-0.15, -0.1) is 0 Å². The minimum absolute atomic E-state index is 0.210. The molecule has 0 aliphatic carbocycles. The third-order valence-corrected chi connectivity index (χ3v) is 8.62. The lowest BCUT2D eigenvalue weighted by atomic mass is 9.90. The Kier molecular flexibility index (Phi) is 8.41. The number of hydrogen-bond donors (Lipinski definition) is 0. The number of rotatable bonds is 8. The molecule has 0 amide bonds. The average Bonchev–Trinajstić information content (AvgIpc) is 3.26. The van der Waals surface area contributed by atoms with Gasteiger partial charge in [-0.2, -0.15) is 0 Å². The Morgan fingerprint density at radius 2 is 1.82 bits per heavy atom.